The van der Waals surface area contributed by atoms with E-state index in [1.165, 1.54) is 25.7 Å². The number of nitrogens with one attached hydrogen (secondary N) is 2. The Balaban J connectivity index is 2.04. The molecule has 1 aliphatic carbocycles. The Labute approximate surface area is 97.1 Å². The molecule has 0 atom stereocenters. The highest BCUT2D eigenvalue weighted by molar-refractivity contribution is 7.80. The van der Waals surface area contributed by atoms with Crippen LogP contribution in [0.25, 0.3) is 0 Å². The van der Waals surface area contributed by atoms with Gasteiger partial charge in [-0.2, -0.15) is 0 Å². The van der Waals surface area contributed by atoms with E-state index in [0.29, 0.717) is 5.11 Å². The summed E-state index contributed by atoms with van der Waals surface area (Å²) in [5.74, 6) is 0. The first-order valence-electron chi connectivity index (χ1n) is 5.51. The van der Waals surface area contributed by atoms with Gasteiger partial charge in [0.1, 0.15) is 0 Å². The standard InChI is InChI=1S/C12H18N2S/c1-2-3-4-7-10-13-12(15)14-11-8-5-6-9-11/h5-6,8H,2-4,7,10H2,1H3,(H2,13,14,15). The fourth-order valence-corrected chi connectivity index (χ4v) is 1.54. The van der Waals surface area contributed by atoms with Crippen LogP contribution < -0.4 is 10.6 Å². The van der Waals surface area contributed by atoms with E-state index in [-0.39, 0.29) is 0 Å². The molecule has 1 aliphatic rings. The summed E-state index contributed by atoms with van der Waals surface area (Å²) in [5.41, 5.74) is 3.97. The largest absolute Gasteiger partial charge is 0.362 e. The Morgan fingerprint density at radius 1 is 1.40 bits per heavy atom. The quantitative estimate of drug-likeness (QED) is 0.410. The van der Waals surface area contributed by atoms with Gasteiger partial charge in [-0.3, -0.25) is 0 Å². The van der Waals surface area contributed by atoms with E-state index < -0.39 is 0 Å². The van der Waals surface area contributed by atoms with Crippen LogP contribution in [0.5, 0.6) is 0 Å². The van der Waals surface area contributed by atoms with Crippen LogP contribution in [0, 0.1) is 0 Å². The van der Waals surface area contributed by atoms with Gasteiger partial charge in [0, 0.05) is 6.54 Å². The van der Waals surface area contributed by atoms with Crippen molar-refractivity contribution in [3.05, 3.63) is 29.7 Å². The third-order valence-electron chi connectivity index (χ3n) is 2.16. The van der Waals surface area contributed by atoms with Crippen LogP contribution in [-0.4, -0.2) is 11.7 Å². The summed E-state index contributed by atoms with van der Waals surface area (Å²) < 4.78 is 0. The zero-order valence-corrected chi connectivity index (χ0v) is 9.99. The summed E-state index contributed by atoms with van der Waals surface area (Å²) >= 11 is 5.14. The molecule has 0 aromatic heterocycles. The Hall–Kier alpha value is -1.05. The summed E-state index contributed by atoms with van der Waals surface area (Å²) in [4.78, 5) is 0. The average Bonchev–Trinajstić information content (AvgIpc) is 2.70. The number of rotatable bonds is 6. The van der Waals surface area contributed by atoms with E-state index in [1.807, 2.05) is 18.2 Å². The predicted octanol–water partition coefficient (Wildman–Crippen LogP) is 2.64. The molecule has 3 heteroatoms. The van der Waals surface area contributed by atoms with E-state index >= 15 is 0 Å². The number of hydrogen-bond donors (Lipinski definition) is 2. The molecule has 1 rings (SSSR count). The fraction of sp³-hybridized carbons (Fsp3) is 0.500. The minimum Gasteiger partial charge on any atom is -0.362 e. The maximum Gasteiger partial charge on any atom is 0.171 e. The number of hydrogen-bond acceptors (Lipinski definition) is 1. The summed E-state index contributed by atoms with van der Waals surface area (Å²) in [6.45, 7) is 3.16. The average molecular weight is 222 g/mol. The second-order valence-electron chi connectivity index (χ2n) is 3.53. The first kappa shape index (κ1) is 12.0. The first-order valence-corrected chi connectivity index (χ1v) is 5.92. The van der Waals surface area contributed by atoms with Gasteiger partial charge in [-0.1, -0.05) is 38.0 Å². The van der Waals surface area contributed by atoms with Crippen molar-refractivity contribution < 1.29 is 0 Å². The molecule has 0 saturated heterocycles. The molecule has 0 aromatic rings. The second-order valence-corrected chi connectivity index (χ2v) is 3.93. The van der Waals surface area contributed by atoms with Gasteiger partial charge in [-0.15, -0.1) is 0 Å². The highest BCUT2D eigenvalue weighted by Crippen LogP contribution is 1.98. The van der Waals surface area contributed by atoms with Crippen molar-refractivity contribution in [3.63, 3.8) is 0 Å². The summed E-state index contributed by atoms with van der Waals surface area (Å²) in [5, 5.41) is 6.95. The minimum absolute atomic E-state index is 0.689. The summed E-state index contributed by atoms with van der Waals surface area (Å²) in [7, 11) is 0. The Morgan fingerprint density at radius 2 is 2.27 bits per heavy atom. The van der Waals surface area contributed by atoms with Crippen LogP contribution in [0.3, 0.4) is 0 Å². The van der Waals surface area contributed by atoms with E-state index in [0.717, 1.165) is 12.2 Å². The van der Waals surface area contributed by atoms with Gasteiger partial charge in [-0.25, -0.2) is 0 Å². The van der Waals surface area contributed by atoms with Gasteiger partial charge in [0.05, 0.1) is 5.70 Å². The predicted molar refractivity (Wildman–Crippen MR) is 68.6 cm³/mol. The maximum absolute atomic E-state index is 5.14. The van der Waals surface area contributed by atoms with E-state index in [2.05, 4.69) is 23.3 Å². The van der Waals surface area contributed by atoms with Crippen molar-refractivity contribution in [1.82, 2.24) is 10.6 Å². The van der Waals surface area contributed by atoms with Crippen molar-refractivity contribution >= 4 is 17.3 Å². The molecule has 0 bridgehead atoms. The smallest absolute Gasteiger partial charge is 0.171 e. The fourth-order valence-electron chi connectivity index (χ4n) is 1.33. The molecule has 0 aliphatic heterocycles. The third-order valence-corrected chi connectivity index (χ3v) is 2.41. The van der Waals surface area contributed by atoms with Gasteiger partial charge in [0.25, 0.3) is 0 Å². The van der Waals surface area contributed by atoms with Crippen molar-refractivity contribution in [2.24, 2.45) is 0 Å². The van der Waals surface area contributed by atoms with Crippen LogP contribution in [0.15, 0.2) is 29.7 Å². The van der Waals surface area contributed by atoms with Gasteiger partial charge in [0.15, 0.2) is 5.11 Å². The highest BCUT2D eigenvalue weighted by Gasteiger charge is 1.97. The Bertz CT molecular complexity index is 299. The molecule has 0 saturated carbocycles. The molecule has 0 heterocycles. The van der Waals surface area contributed by atoms with Crippen molar-refractivity contribution in [3.8, 4) is 0 Å². The molecule has 15 heavy (non-hydrogen) atoms. The molecule has 0 fully saturated rings. The van der Waals surface area contributed by atoms with Crippen LogP contribution in [0.4, 0.5) is 0 Å². The molecule has 0 radical (unpaired) electrons. The lowest BCUT2D eigenvalue weighted by Gasteiger charge is -2.08. The summed E-state index contributed by atoms with van der Waals surface area (Å²) in [6.07, 6.45) is 10.8. The lowest BCUT2D eigenvalue weighted by atomic mass is 10.2. The van der Waals surface area contributed by atoms with Crippen molar-refractivity contribution in [2.75, 3.05) is 6.54 Å². The van der Waals surface area contributed by atoms with Crippen LogP contribution in [0.1, 0.15) is 32.6 Å². The van der Waals surface area contributed by atoms with E-state index in [4.69, 9.17) is 12.2 Å². The van der Waals surface area contributed by atoms with E-state index in [1.54, 1.807) is 0 Å². The van der Waals surface area contributed by atoms with Crippen LogP contribution >= 0.6 is 12.2 Å². The van der Waals surface area contributed by atoms with Crippen LogP contribution in [-0.2, 0) is 0 Å². The normalized spacial score (nSPS) is 12.7. The zero-order chi connectivity index (χ0) is 10.9. The van der Waals surface area contributed by atoms with Gasteiger partial charge in [-0.05, 0) is 30.8 Å². The molecule has 82 valence electrons. The number of unbranched alkanes of at least 4 members (excludes halogenated alkanes) is 3. The second kappa shape index (κ2) is 7.27. The van der Waals surface area contributed by atoms with Crippen molar-refractivity contribution in [2.45, 2.75) is 32.6 Å². The monoisotopic (exact) mass is 222 g/mol. The third kappa shape index (κ3) is 5.40. The summed E-state index contributed by atoms with van der Waals surface area (Å²) in [6, 6.07) is 0. The van der Waals surface area contributed by atoms with Crippen LogP contribution in [0.2, 0.25) is 0 Å². The molecular formula is C12H18N2S. The molecule has 2 nitrogen and oxygen atoms in total. The molecule has 0 amide bonds. The number of allylic oxidation sites excluding steroid dienone is 2. The SMILES string of the molecule is CCCCCCNC(=S)NC1=C=CC=C1. The number of thiocarbonyl (C=S) groups is 1. The molecule has 2 N–H and O–H groups in total. The van der Waals surface area contributed by atoms with E-state index in [9.17, 15) is 0 Å². The van der Waals surface area contributed by atoms with Gasteiger partial charge < -0.3 is 10.6 Å². The molecular weight excluding hydrogens is 204 g/mol. The zero-order valence-electron chi connectivity index (χ0n) is 9.18. The highest BCUT2D eigenvalue weighted by atomic mass is 32.1. The molecule has 0 spiro atoms. The Kier molecular flexibility index (Phi) is 5.83. The lowest BCUT2D eigenvalue weighted by molar-refractivity contribution is 0.653. The van der Waals surface area contributed by atoms with Gasteiger partial charge >= 0.3 is 0 Å². The first-order chi connectivity index (χ1) is 7.33. The topological polar surface area (TPSA) is 24.1 Å². The minimum atomic E-state index is 0.689. The lowest BCUT2D eigenvalue weighted by Crippen LogP contribution is -2.34. The maximum atomic E-state index is 5.14. The Morgan fingerprint density at radius 3 is 2.93 bits per heavy atom. The van der Waals surface area contributed by atoms with Crippen molar-refractivity contribution in [1.29, 1.82) is 0 Å². The molecule has 0 aromatic carbocycles. The molecule has 0 unspecified atom stereocenters. The van der Waals surface area contributed by atoms with Gasteiger partial charge in [0.2, 0.25) is 0 Å².